The Morgan fingerprint density at radius 2 is 0.958 bits per heavy atom. The monoisotopic (exact) mass is 418 g/mol. The number of carbonyl (C=O) groups is 1. The number of ketones is 1. The van der Waals surface area contributed by atoms with Crippen LogP contribution in [0.2, 0.25) is 0 Å². The topological polar surface area (TPSA) is 126 Å². The quantitative estimate of drug-likeness (QED) is 0.462. The molecule has 0 aromatic heterocycles. The van der Waals surface area contributed by atoms with Crippen LogP contribution in [0.3, 0.4) is 0 Å². The molecule has 0 amide bonds. The van der Waals surface area contributed by atoms with E-state index in [4.69, 9.17) is 9.11 Å². The molecule has 0 saturated heterocycles. The van der Waals surface area contributed by atoms with Crippen LogP contribution in [-0.2, 0) is 20.2 Å². The molecule has 0 aliphatic heterocycles. The van der Waals surface area contributed by atoms with E-state index >= 15 is 0 Å². The maximum Gasteiger partial charge on any atom is 0.294 e. The van der Waals surface area contributed by atoms with Crippen LogP contribution in [-0.4, -0.2) is 134 Å². The first-order valence-corrected chi connectivity index (χ1v) is 8.75. The van der Waals surface area contributed by atoms with Crippen LogP contribution < -0.4 is 0 Å². The zero-order chi connectivity index (χ0) is 16.3. The van der Waals surface area contributed by atoms with Crippen molar-refractivity contribution in [3.05, 3.63) is 47.5 Å². The molecule has 0 heterocycles. The van der Waals surface area contributed by atoms with Crippen molar-refractivity contribution in [3.63, 3.8) is 0 Å². The van der Waals surface area contributed by atoms with Gasteiger partial charge in [0.1, 0.15) is 0 Å². The van der Waals surface area contributed by atoms with Crippen LogP contribution in [0.4, 0.5) is 0 Å². The van der Waals surface area contributed by atoms with Crippen LogP contribution in [0.15, 0.2) is 46.2 Å². The van der Waals surface area contributed by atoms with E-state index < -0.39 is 35.8 Å². The van der Waals surface area contributed by atoms with Crippen molar-refractivity contribution in [2.24, 2.45) is 0 Å². The van der Waals surface area contributed by atoms with Crippen LogP contribution in [0, 0.1) is 0 Å². The second-order valence-electron chi connectivity index (χ2n) is 4.69. The summed E-state index contributed by atoms with van der Waals surface area (Å²) >= 11 is 0. The van der Waals surface area contributed by atoms with Gasteiger partial charge in [0, 0.05) is 114 Å². The van der Waals surface area contributed by atoms with E-state index in [9.17, 15) is 21.6 Å². The van der Waals surface area contributed by atoms with Crippen molar-refractivity contribution in [3.8, 4) is 11.1 Å². The van der Waals surface area contributed by atoms with Crippen LogP contribution in [0.25, 0.3) is 11.1 Å². The van der Waals surface area contributed by atoms with Crippen molar-refractivity contribution in [2.45, 2.75) is 9.79 Å². The van der Waals surface area contributed by atoms with Crippen molar-refractivity contribution in [1.29, 1.82) is 0 Å². The van der Waals surface area contributed by atoms with Crippen LogP contribution in [0.5, 0.6) is 0 Å². The average Bonchev–Trinajstić information content (AvgIpc) is 2.70. The fraction of sp³-hybridized carbons (Fsp3) is 0. The van der Waals surface area contributed by atoms with Gasteiger partial charge in [0.05, 0.1) is 9.79 Å². The Hall–Kier alpha value is 1.20. The number of benzene rings is 2. The van der Waals surface area contributed by atoms with Gasteiger partial charge in [0.25, 0.3) is 20.2 Å². The Labute approximate surface area is 223 Å². The maximum absolute atomic E-state index is 12.3. The van der Waals surface area contributed by atoms with Crippen LogP contribution >= 0.6 is 0 Å². The molecule has 0 fully saturated rings. The van der Waals surface area contributed by atoms with Crippen molar-refractivity contribution in [2.75, 3.05) is 0 Å². The molecule has 0 unspecified atom stereocenters. The summed E-state index contributed by atoms with van der Waals surface area (Å²) in [4.78, 5) is 11.4. The van der Waals surface area contributed by atoms with Gasteiger partial charge in [0.15, 0.2) is 5.78 Å². The molecule has 2 N–H and O–H groups in total. The van der Waals surface area contributed by atoms with Gasteiger partial charge < -0.3 is 0 Å². The molecule has 7 nitrogen and oxygen atoms in total. The number of rotatable bonds is 2. The predicted molar refractivity (Wildman–Crippen MR) is 86.4 cm³/mol. The molecule has 24 heavy (non-hydrogen) atoms. The molecule has 2 aromatic carbocycles. The smallest absolute Gasteiger partial charge is 0.289 e. The van der Waals surface area contributed by atoms with Crippen LogP contribution in [0.1, 0.15) is 15.9 Å². The summed E-state index contributed by atoms with van der Waals surface area (Å²) < 4.78 is 62.6. The number of fused-ring (bicyclic) bond motifs is 3. The Balaban J connectivity index is 0.00000144. The summed E-state index contributed by atoms with van der Waals surface area (Å²) in [6.45, 7) is 0. The molecule has 1 aliphatic rings. The molecule has 2 radical (unpaired) electrons. The minimum atomic E-state index is -4.45. The van der Waals surface area contributed by atoms with E-state index in [2.05, 4.69) is 0 Å². The summed E-state index contributed by atoms with van der Waals surface area (Å²) in [7, 11) is -8.91. The van der Waals surface area contributed by atoms with E-state index in [0.29, 0.717) is 11.1 Å². The minimum absolute atomic E-state index is 0. The molecule has 0 bridgehead atoms. The molecule has 116 valence electrons. The second kappa shape index (κ2) is 8.06. The number of carbonyl (C=O) groups excluding carboxylic acids is 1. The fourth-order valence-corrected chi connectivity index (χ4v) is 3.37. The first-order valence-electron chi connectivity index (χ1n) is 5.87. The summed E-state index contributed by atoms with van der Waals surface area (Å²) in [5.74, 6) is -0.582. The van der Waals surface area contributed by atoms with Gasteiger partial charge in [0.2, 0.25) is 0 Å². The van der Waals surface area contributed by atoms with E-state index in [1.165, 1.54) is 12.1 Å². The Morgan fingerprint density at radius 1 is 0.625 bits per heavy atom. The summed E-state index contributed by atoms with van der Waals surface area (Å²) in [5, 5.41) is 0. The normalized spacial score (nSPS) is 12.7. The Bertz CT molecular complexity index is 960. The standard InChI is InChI=1S/C13H8O7S2.2K/c14-13-11-5-7(21(15,16)17)1-3-9(11)10-4-2-8(6-12(10)13)22(18,19)20;;/h1-6H,(H,15,16,17)(H,18,19,20);;. The third kappa shape index (κ3) is 4.36. The third-order valence-electron chi connectivity index (χ3n) is 3.36. The van der Waals surface area contributed by atoms with Gasteiger partial charge in [-0.1, -0.05) is 12.1 Å². The van der Waals surface area contributed by atoms with E-state index in [-0.39, 0.29) is 114 Å². The molecule has 3 rings (SSSR count). The van der Waals surface area contributed by atoms with Gasteiger partial charge in [-0.15, -0.1) is 0 Å². The van der Waals surface area contributed by atoms with Crippen molar-refractivity contribution >= 4 is 129 Å². The molecule has 0 saturated carbocycles. The summed E-state index contributed by atoms with van der Waals surface area (Å²) in [5.41, 5.74) is 0.929. The molecule has 11 heteroatoms. The Kier molecular flexibility index (Phi) is 7.81. The van der Waals surface area contributed by atoms with Crippen molar-refractivity contribution in [1.82, 2.24) is 0 Å². The second-order valence-corrected chi connectivity index (χ2v) is 7.54. The maximum atomic E-state index is 12.3. The molecule has 0 spiro atoms. The summed E-state index contributed by atoms with van der Waals surface area (Å²) in [6.07, 6.45) is 0. The summed E-state index contributed by atoms with van der Waals surface area (Å²) in [6, 6.07) is 7.06. The largest absolute Gasteiger partial charge is 0.294 e. The molecule has 1 aliphatic carbocycles. The molecular weight excluding hydrogens is 410 g/mol. The van der Waals surface area contributed by atoms with Gasteiger partial charge in [-0.2, -0.15) is 16.8 Å². The zero-order valence-electron chi connectivity index (χ0n) is 12.7. The van der Waals surface area contributed by atoms with Crippen molar-refractivity contribution < 1.29 is 30.7 Å². The molecular formula is C13H8K2O7S2. The molecule has 2 aromatic rings. The first kappa shape index (κ1) is 23.2. The average molecular weight is 419 g/mol. The molecule has 0 atom stereocenters. The van der Waals surface area contributed by atoms with E-state index in [1.54, 1.807) is 0 Å². The minimum Gasteiger partial charge on any atom is -0.289 e. The Morgan fingerprint density at radius 3 is 1.25 bits per heavy atom. The first-order chi connectivity index (χ1) is 10.1. The SMILES string of the molecule is O=C1c2cc(S(=O)(=O)O)ccc2-c2ccc(S(=O)(=O)O)cc21.[K].[K]. The fourth-order valence-electron chi connectivity index (χ4n) is 2.36. The third-order valence-corrected chi connectivity index (χ3v) is 5.06. The van der Waals surface area contributed by atoms with Gasteiger partial charge >= 0.3 is 0 Å². The number of hydrogen-bond acceptors (Lipinski definition) is 5. The van der Waals surface area contributed by atoms with E-state index in [1.807, 2.05) is 0 Å². The number of hydrogen-bond donors (Lipinski definition) is 2. The van der Waals surface area contributed by atoms with Gasteiger partial charge in [-0.25, -0.2) is 0 Å². The predicted octanol–water partition coefficient (Wildman–Crippen LogP) is 0.630. The van der Waals surface area contributed by atoms with E-state index in [0.717, 1.165) is 24.3 Å². The van der Waals surface area contributed by atoms with Gasteiger partial charge in [-0.3, -0.25) is 13.9 Å². The van der Waals surface area contributed by atoms with Gasteiger partial charge in [-0.05, 0) is 35.4 Å². The zero-order valence-corrected chi connectivity index (χ0v) is 20.6.